The van der Waals surface area contributed by atoms with Crippen LogP contribution in [0.5, 0.6) is 11.5 Å². The quantitative estimate of drug-likeness (QED) is 0.430. The third kappa shape index (κ3) is 5.01. The number of carbonyl (C=O) groups is 1. The Kier molecular flexibility index (Phi) is 7.97. The lowest BCUT2D eigenvalue weighted by Crippen LogP contribution is -2.33. The number of unbranched alkanes of at least 4 members (excludes halogenated alkanes) is 1. The number of carbonyl (C=O) groups excluding carboxylic acids is 1. The standard InChI is InChI=1S/C20H27NO3S2/c1-5-7-8-14(6-2)13-21-19(22)18(26-20(21)25)12-15-9-10-16(23-3)17(11-15)24-4/h9-12,14H,5-8,13H2,1-4H3/b18-12-. The number of rotatable bonds is 9. The topological polar surface area (TPSA) is 38.8 Å². The van der Waals surface area contributed by atoms with Crippen LogP contribution in [0, 0.1) is 5.92 Å². The van der Waals surface area contributed by atoms with E-state index in [2.05, 4.69) is 13.8 Å². The fraction of sp³-hybridized carbons (Fsp3) is 0.500. The van der Waals surface area contributed by atoms with E-state index in [0.29, 0.717) is 33.2 Å². The smallest absolute Gasteiger partial charge is 0.266 e. The molecular formula is C20H27NO3S2. The van der Waals surface area contributed by atoms with Crippen LogP contribution in [-0.4, -0.2) is 35.9 Å². The number of hydrogen-bond donors (Lipinski definition) is 0. The minimum absolute atomic E-state index is 0.00438. The van der Waals surface area contributed by atoms with Crippen molar-refractivity contribution >= 4 is 40.3 Å². The van der Waals surface area contributed by atoms with Gasteiger partial charge in [-0.1, -0.05) is 63.2 Å². The van der Waals surface area contributed by atoms with E-state index in [4.69, 9.17) is 21.7 Å². The Morgan fingerprint density at radius 3 is 2.58 bits per heavy atom. The van der Waals surface area contributed by atoms with Gasteiger partial charge in [0.15, 0.2) is 11.5 Å². The Bertz CT molecular complexity index is 688. The Morgan fingerprint density at radius 2 is 1.96 bits per heavy atom. The maximum absolute atomic E-state index is 12.8. The minimum Gasteiger partial charge on any atom is -0.493 e. The highest BCUT2D eigenvalue weighted by Crippen LogP contribution is 2.35. The van der Waals surface area contributed by atoms with E-state index < -0.39 is 0 Å². The molecule has 1 aliphatic heterocycles. The summed E-state index contributed by atoms with van der Waals surface area (Å²) in [5, 5.41) is 0. The molecule has 0 spiro atoms. The maximum Gasteiger partial charge on any atom is 0.266 e. The molecule has 0 bridgehead atoms. The average molecular weight is 394 g/mol. The van der Waals surface area contributed by atoms with E-state index in [1.807, 2.05) is 24.3 Å². The molecule has 0 aliphatic carbocycles. The molecule has 4 nitrogen and oxygen atoms in total. The Hall–Kier alpha value is -1.53. The highest BCUT2D eigenvalue weighted by Gasteiger charge is 2.33. The molecule has 26 heavy (non-hydrogen) atoms. The number of amides is 1. The van der Waals surface area contributed by atoms with Gasteiger partial charge in [-0.15, -0.1) is 0 Å². The van der Waals surface area contributed by atoms with Crippen LogP contribution in [0.4, 0.5) is 0 Å². The molecule has 1 aromatic rings. The first-order valence-corrected chi connectivity index (χ1v) is 10.2. The molecule has 1 heterocycles. The average Bonchev–Trinajstić information content (AvgIpc) is 2.91. The zero-order valence-corrected chi connectivity index (χ0v) is 17.5. The number of nitrogens with zero attached hydrogens (tertiary/aromatic N) is 1. The van der Waals surface area contributed by atoms with Gasteiger partial charge in [0.1, 0.15) is 4.32 Å². The number of ether oxygens (including phenoxy) is 2. The van der Waals surface area contributed by atoms with Crippen molar-refractivity contribution in [2.75, 3.05) is 20.8 Å². The van der Waals surface area contributed by atoms with Crippen molar-refractivity contribution in [3.8, 4) is 11.5 Å². The van der Waals surface area contributed by atoms with Gasteiger partial charge in [0.05, 0.1) is 19.1 Å². The normalized spacial score (nSPS) is 17.1. The second-order valence-electron chi connectivity index (χ2n) is 6.32. The van der Waals surface area contributed by atoms with Crippen LogP contribution in [-0.2, 0) is 4.79 Å². The van der Waals surface area contributed by atoms with E-state index in [-0.39, 0.29) is 5.91 Å². The predicted molar refractivity (Wildman–Crippen MR) is 113 cm³/mol. The molecule has 0 N–H and O–H groups in total. The van der Waals surface area contributed by atoms with Crippen LogP contribution in [0.2, 0.25) is 0 Å². The Balaban J connectivity index is 2.15. The fourth-order valence-corrected chi connectivity index (χ4v) is 4.20. The second-order valence-corrected chi connectivity index (χ2v) is 8.00. The van der Waals surface area contributed by atoms with Crippen LogP contribution in [0.25, 0.3) is 6.08 Å². The van der Waals surface area contributed by atoms with Gasteiger partial charge in [-0.3, -0.25) is 9.69 Å². The number of thioether (sulfide) groups is 1. The predicted octanol–water partition coefficient (Wildman–Crippen LogP) is 5.12. The third-order valence-corrected chi connectivity index (χ3v) is 5.94. The summed E-state index contributed by atoms with van der Waals surface area (Å²) in [5.41, 5.74) is 0.890. The van der Waals surface area contributed by atoms with Crippen LogP contribution in [0.1, 0.15) is 45.1 Å². The number of benzene rings is 1. The van der Waals surface area contributed by atoms with Crippen LogP contribution < -0.4 is 9.47 Å². The van der Waals surface area contributed by atoms with Gasteiger partial charge in [-0.2, -0.15) is 0 Å². The van der Waals surface area contributed by atoms with Gasteiger partial charge in [0.25, 0.3) is 5.91 Å². The molecule has 1 amide bonds. The van der Waals surface area contributed by atoms with E-state index in [9.17, 15) is 4.79 Å². The summed E-state index contributed by atoms with van der Waals surface area (Å²) in [7, 11) is 3.20. The first-order chi connectivity index (χ1) is 12.5. The summed E-state index contributed by atoms with van der Waals surface area (Å²) in [6.45, 7) is 5.08. The molecule has 0 radical (unpaired) electrons. The second kappa shape index (κ2) is 9.97. The Morgan fingerprint density at radius 1 is 1.23 bits per heavy atom. The molecule has 1 atom stereocenters. The number of methoxy groups -OCH3 is 2. The van der Waals surface area contributed by atoms with Gasteiger partial charge in [-0.25, -0.2) is 0 Å². The largest absolute Gasteiger partial charge is 0.493 e. The van der Waals surface area contributed by atoms with Crippen LogP contribution >= 0.6 is 24.0 Å². The lowest BCUT2D eigenvalue weighted by molar-refractivity contribution is -0.122. The molecule has 0 saturated carbocycles. The lowest BCUT2D eigenvalue weighted by atomic mass is 9.99. The lowest BCUT2D eigenvalue weighted by Gasteiger charge is -2.21. The highest BCUT2D eigenvalue weighted by molar-refractivity contribution is 8.26. The van der Waals surface area contributed by atoms with Crippen molar-refractivity contribution in [1.82, 2.24) is 4.90 Å². The molecule has 0 aromatic heterocycles. The molecule has 1 aromatic carbocycles. The molecule has 142 valence electrons. The highest BCUT2D eigenvalue weighted by atomic mass is 32.2. The monoisotopic (exact) mass is 393 g/mol. The molecule has 1 saturated heterocycles. The van der Waals surface area contributed by atoms with Crippen molar-refractivity contribution in [3.05, 3.63) is 28.7 Å². The first kappa shape index (κ1) is 20.8. The van der Waals surface area contributed by atoms with Gasteiger partial charge in [0.2, 0.25) is 0 Å². The summed E-state index contributed by atoms with van der Waals surface area (Å²) >= 11 is 6.83. The SMILES string of the molecule is CCCCC(CC)CN1C(=O)/C(=C/c2ccc(OC)c(OC)c2)SC1=S. The van der Waals surface area contributed by atoms with E-state index >= 15 is 0 Å². The van der Waals surface area contributed by atoms with Crippen molar-refractivity contribution in [3.63, 3.8) is 0 Å². The van der Waals surface area contributed by atoms with Crippen LogP contribution in [0.3, 0.4) is 0 Å². The molecule has 1 unspecified atom stereocenters. The maximum atomic E-state index is 12.8. The zero-order chi connectivity index (χ0) is 19.1. The van der Waals surface area contributed by atoms with Gasteiger partial charge < -0.3 is 9.47 Å². The van der Waals surface area contributed by atoms with E-state index in [1.165, 1.54) is 24.6 Å². The van der Waals surface area contributed by atoms with Crippen LogP contribution in [0.15, 0.2) is 23.1 Å². The Labute approximate surface area is 165 Å². The summed E-state index contributed by atoms with van der Waals surface area (Å²) in [4.78, 5) is 15.2. The molecular weight excluding hydrogens is 366 g/mol. The van der Waals surface area contributed by atoms with E-state index in [0.717, 1.165) is 18.4 Å². The fourth-order valence-electron chi connectivity index (χ4n) is 2.93. The molecule has 1 aliphatic rings. The van der Waals surface area contributed by atoms with Crippen molar-refractivity contribution in [2.24, 2.45) is 5.92 Å². The summed E-state index contributed by atoms with van der Waals surface area (Å²) < 4.78 is 11.2. The summed E-state index contributed by atoms with van der Waals surface area (Å²) in [6.07, 6.45) is 6.43. The van der Waals surface area contributed by atoms with Crippen molar-refractivity contribution in [2.45, 2.75) is 39.5 Å². The van der Waals surface area contributed by atoms with Gasteiger partial charge in [0, 0.05) is 6.54 Å². The van der Waals surface area contributed by atoms with Crippen molar-refractivity contribution in [1.29, 1.82) is 0 Å². The molecule has 6 heteroatoms. The summed E-state index contributed by atoms with van der Waals surface area (Å²) in [6, 6.07) is 5.61. The van der Waals surface area contributed by atoms with Gasteiger partial charge >= 0.3 is 0 Å². The zero-order valence-electron chi connectivity index (χ0n) is 15.9. The van der Waals surface area contributed by atoms with Gasteiger partial charge in [-0.05, 0) is 36.1 Å². The van der Waals surface area contributed by atoms with Crippen molar-refractivity contribution < 1.29 is 14.3 Å². The number of thiocarbonyl (C=S) groups is 1. The minimum atomic E-state index is 0.00438. The first-order valence-electron chi connectivity index (χ1n) is 9.01. The molecule has 2 rings (SSSR count). The number of hydrogen-bond acceptors (Lipinski definition) is 5. The van der Waals surface area contributed by atoms with E-state index in [1.54, 1.807) is 19.1 Å². The summed E-state index contributed by atoms with van der Waals surface area (Å²) in [5.74, 6) is 1.81. The molecule has 1 fully saturated rings. The third-order valence-electron chi connectivity index (χ3n) is 4.56.